The highest BCUT2D eigenvalue weighted by Gasteiger charge is 2.56. The molecule has 1 aliphatic carbocycles. The first kappa shape index (κ1) is 27.0. The zero-order valence-electron chi connectivity index (χ0n) is 22.9. The van der Waals surface area contributed by atoms with Crippen LogP contribution in [-0.2, 0) is 6.54 Å². The second-order valence-corrected chi connectivity index (χ2v) is 12.4. The van der Waals surface area contributed by atoms with Crippen molar-refractivity contribution < 1.29 is 14.6 Å². The van der Waals surface area contributed by atoms with Gasteiger partial charge in [-0.3, -0.25) is 9.36 Å². The van der Waals surface area contributed by atoms with Crippen LogP contribution >= 0.6 is 11.3 Å². The Morgan fingerprint density at radius 2 is 1.95 bits per heavy atom. The SMILES string of the molecule is COc1ccc(-c2cc(=O)n(C[C@]3(O)CCN(C(=O)N4CCNC[C@H]4c4ccccc4)CC34CCCC4)cn2)s1. The Labute approximate surface area is 238 Å². The monoisotopic (exact) mass is 563 g/mol. The Kier molecular flexibility index (Phi) is 7.41. The first-order chi connectivity index (χ1) is 19.4. The average molecular weight is 564 g/mol. The summed E-state index contributed by atoms with van der Waals surface area (Å²) in [5, 5.41) is 16.4. The van der Waals surface area contributed by atoms with Gasteiger partial charge in [-0.05, 0) is 37.0 Å². The number of carbonyl (C=O) groups is 1. The lowest BCUT2D eigenvalue weighted by molar-refractivity contribution is -0.137. The molecule has 3 aliphatic rings. The van der Waals surface area contributed by atoms with Crippen LogP contribution in [0.15, 0.2) is 59.7 Å². The molecule has 40 heavy (non-hydrogen) atoms. The van der Waals surface area contributed by atoms with E-state index in [2.05, 4.69) is 22.4 Å². The fraction of sp³-hybridized carbons (Fsp3) is 0.500. The van der Waals surface area contributed by atoms with Gasteiger partial charge in [0.2, 0.25) is 0 Å². The molecule has 2 saturated heterocycles. The van der Waals surface area contributed by atoms with Gasteiger partial charge >= 0.3 is 6.03 Å². The predicted molar refractivity (Wildman–Crippen MR) is 155 cm³/mol. The quantitative estimate of drug-likeness (QED) is 0.491. The number of rotatable bonds is 5. The van der Waals surface area contributed by atoms with E-state index in [9.17, 15) is 14.7 Å². The number of nitrogens with zero attached hydrogens (tertiary/aromatic N) is 4. The van der Waals surface area contributed by atoms with Gasteiger partial charge in [0, 0.05) is 44.2 Å². The van der Waals surface area contributed by atoms with Gasteiger partial charge in [0.25, 0.3) is 5.56 Å². The highest BCUT2D eigenvalue weighted by molar-refractivity contribution is 7.17. The van der Waals surface area contributed by atoms with Crippen LogP contribution in [0.4, 0.5) is 4.79 Å². The van der Waals surface area contributed by atoms with Gasteiger partial charge in [-0.15, -0.1) is 0 Å². The van der Waals surface area contributed by atoms with Crippen molar-refractivity contribution in [1.82, 2.24) is 24.7 Å². The van der Waals surface area contributed by atoms with Crippen LogP contribution in [0.25, 0.3) is 10.6 Å². The number of likely N-dealkylation sites (tertiary alicyclic amines) is 1. The highest BCUT2D eigenvalue weighted by Crippen LogP contribution is 2.52. The Morgan fingerprint density at radius 1 is 1.15 bits per heavy atom. The highest BCUT2D eigenvalue weighted by atomic mass is 32.1. The third-order valence-corrected chi connectivity index (χ3v) is 10.2. The minimum Gasteiger partial charge on any atom is -0.487 e. The largest absolute Gasteiger partial charge is 0.487 e. The number of amides is 2. The van der Waals surface area contributed by atoms with Crippen LogP contribution in [0.1, 0.15) is 43.7 Å². The van der Waals surface area contributed by atoms with E-state index in [1.807, 2.05) is 40.1 Å². The number of aliphatic hydroxyl groups is 1. The fourth-order valence-electron chi connectivity index (χ4n) is 6.88. The van der Waals surface area contributed by atoms with Crippen molar-refractivity contribution in [2.45, 2.75) is 50.3 Å². The van der Waals surface area contributed by atoms with Crippen molar-refractivity contribution in [2.24, 2.45) is 5.41 Å². The number of piperidine rings is 1. The number of ether oxygens (including phenoxy) is 1. The average Bonchev–Trinajstić information content (AvgIpc) is 3.67. The van der Waals surface area contributed by atoms with Crippen molar-refractivity contribution in [3.63, 3.8) is 0 Å². The van der Waals surface area contributed by atoms with Gasteiger partial charge in [0.15, 0.2) is 5.06 Å². The van der Waals surface area contributed by atoms with Gasteiger partial charge in [-0.2, -0.15) is 0 Å². The van der Waals surface area contributed by atoms with Crippen LogP contribution in [0.5, 0.6) is 5.06 Å². The lowest BCUT2D eigenvalue weighted by Crippen LogP contribution is -2.64. The summed E-state index contributed by atoms with van der Waals surface area (Å²) >= 11 is 1.44. The number of hydrogen-bond donors (Lipinski definition) is 2. The summed E-state index contributed by atoms with van der Waals surface area (Å²) in [6, 6.07) is 15.5. The maximum atomic E-state index is 14.0. The summed E-state index contributed by atoms with van der Waals surface area (Å²) in [4.78, 5) is 36.5. The van der Waals surface area contributed by atoms with E-state index in [1.165, 1.54) is 22.0 Å². The predicted octanol–water partition coefficient (Wildman–Crippen LogP) is 3.74. The summed E-state index contributed by atoms with van der Waals surface area (Å²) in [5.41, 5.74) is -0.00743. The Hall–Kier alpha value is -3.21. The van der Waals surface area contributed by atoms with E-state index in [0.29, 0.717) is 31.7 Å². The minimum atomic E-state index is -1.10. The zero-order valence-corrected chi connectivity index (χ0v) is 23.7. The van der Waals surface area contributed by atoms with Crippen LogP contribution in [0.3, 0.4) is 0 Å². The number of piperazine rings is 1. The third kappa shape index (κ3) is 4.93. The second kappa shape index (κ2) is 11.0. The summed E-state index contributed by atoms with van der Waals surface area (Å²) in [6.07, 6.45) is 5.68. The van der Waals surface area contributed by atoms with Crippen LogP contribution in [-0.4, -0.2) is 75.9 Å². The molecule has 0 unspecified atom stereocenters. The molecule has 1 saturated carbocycles. The maximum absolute atomic E-state index is 14.0. The molecule has 2 amide bonds. The lowest BCUT2D eigenvalue weighted by Gasteiger charge is -2.53. The Morgan fingerprint density at radius 3 is 2.67 bits per heavy atom. The topological polar surface area (TPSA) is 99.9 Å². The van der Waals surface area contributed by atoms with Crippen molar-refractivity contribution >= 4 is 17.4 Å². The molecule has 2 aromatic heterocycles. The first-order valence-corrected chi connectivity index (χ1v) is 15.0. The van der Waals surface area contributed by atoms with E-state index in [1.54, 1.807) is 13.4 Å². The van der Waals surface area contributed by atoms with Crippen LogP contribution in [0.2, 0.25) is 0 Å². The number of nitrogens with one attached hydrogen (secondary N) is 1. The van der Waals surface area contributed by atoms with Crippen molar-refractivity contribution in [1.29, 1.82) is 0 Å². The molecule has 0 radical (unpaired) electrons. The summed E-state index contributed by atoms with van der Waals surface area (Å²) in [6.45, 7) is 3.27. The molecule has 6 rings (SSSR count). The standard InChI is InChI=1S/C30H37N5O4S/c1-39-27-10-9-25(40-27)23-17-26(36)34(21-32-23)20-30(38)13-15-33(19-29(30)11-5-6-12-29)28(37)35-16-14-31-18-24(35)22-7-3-2-4-8-22/h2-4,7-10,17,21,24,31,38H,5-6,11-16,18-20H2,1H3/t24-,30+/m0/s1. The number of benzene rings is 1. The molecule has 2 aliphatic heterocycles. The van der Waals surface area contributed by atoms with Gasteiger partial charge in [-0.1, -0.05) is 54.5 Å². The fourth-order valence-corrected chi connectivity index (χ4v) is 7.67. The maximum Gasteiger partial charge on any atom is 0.320 e. The first-order valence-electron chi connectivity index (χ1n) is 14.2. The third-order valence-electron chi connectivity index (χ3n) is 9.13. The molecular weight excluding hydrogens is 526 g/mol. The molecule has 212 valence electrons. The molecule has 3 aromatic rings. The van der Waals surface area contributed by atoms with Crippen molar-refractivity contribution in [2.75, 3.05) is 39.8 Å². The summed E-state index contributed by atoms with van der Waals surface area (Å²) in [7, 11) is 1.62. The van der Waals surface area contributed by atoms with E-state index >= 15 is 0 Å². The molecular formula is C30H37N5O4S. The van der Waals surface area contributed by atoms with Crippen molar-refractivity contribution in [3.8, 4) is 15.6 Å². The molecule has 2 atom stereocenters. The number of methoxy groups -OCH3 is 1. The number of thiophene rings is 1. The molecule has 4 heterocycles. The molecule has 10 heteroatoms. The molecule has 0 bridgehead atoms. The van der Waals surface area contributed by atoms with Crippen molar-refractivity contribution in [3.05, 3.63) is 70.8 Å². The van der Waals surface area contributed by atoms with Gasteiger partial charge in [-0.25, -0.2) is 9.78 Å². The smallest absolute Gasteiger partial charge is 0.320 e. The lowest BCUT2D eigenvalue weighted by atomic mass is 9.66. The van der Waals surface area contributed by atoms with E-state index in [-0.39, 0.29) is 24.2 Å². The van der Waals surface area contributed by atoms with E-state index in [0.717, 1.165) is 54.3 Å². The van der Waals surface area contributed by atoms with Gasteiger partial charge in [0.1, 0.15) is 0 Å². The van der Waals surface area contributed by atoms with Gasteiger partial charge < -0.3 is 25.0 Å². The van der Waals surface area contributed by atoms with Crippen LogP contribution < -0.4 is 15.6 Å². The minimum absolute atomic E-state index is 0.0192. The molecule has 9 nitrogen and oxygen atoms in total. The number of carbonyl (C=O) groups excluding carboxylic acids is 1. The zero-order chi connectivity index (χ0) is 27.7. The number of aromatic nitrogens is 2. The second-order valence-electron chi connectivity index (χ2n) is 11.4. The normalized spacial score (nSPS) is 24.4. The summed E-state index contributed by atoms with van der Waals surface area (Å²) < 4.78 is 6.81. The van der Waals surface area contributed by atoms with E-state index in [4.69, 9.17) is 4.74 Å². The molecule has 1 spiro atoms. The number of urea groups is 1. The summed E-state index contributed by atoms with van der Waals surface area (Å²) in [5.74, 6) is 0. The number of hydrogen-bond acceptors (Lipinski definition) is 7. The Bertz CT molecular complexity index is 1400. The molecule has 2 N–H and O–H groups in total. The van der Waals surface area contributed by atoms with Gasteiger partial charge in [0.05, 0.1) is 42.2 Å². The molecule has 3 fully saturated rings. The Balaban J connectivity index is 1.22. The molecule has 1 aromatic carbocycles. The van der Waals surface area contributed by atoms with Crippen LogP contribution in [0, 0.1) is 5.41 Å². The van der Waals surface area contributed by atoms with E-state index < -0.39 is 11.0 Å².